The van der Waals surface area contributed by atoms with Gasteiger partial charge in [0, 0.05) is 11.3 Å². The maximum atomic E-state index is 13.5. The Balaban J connectivity index is 2.22. The number of hydrogen-bond acceptors (Lipinski definition) is 4. The first kappa shape index (κ1) is 13.2. The van der Waals surface area contributed by atoms with Gasteiger partial charge in [0.15, 0.2) is 5.82 Å². The number of aromatic nitrogens is 4. The molecular formula is C15H14FN5. The zero-order chi connectivity index (χ0) is 15.0. The minimum Gasteiger partial charge on any atom is -0.398 e. The third-order valence-electron chi connectivity index (χ3n) is 3.32. The summed E-state index contributed by atoms with van der Waals surface area (Å²) in [6, 6.07) is 10.1. The van der Waals surface area contributed by atoms with Crippen molar-refractivity contribution in [1.29, 1.82) is 0 Å². The molecule has 0 amide bonds. The predicted octanol–water partition coefficient (Wildman–Crippen LogP) is 2.67. The molecule has 21 heavy (non-hydrogen) atoms. The molecule has 0 fully saturated rings. The van der Waals surface area contributed by atoms with Gasteiger partial charge in [0.1, 0.15) is 5.82 Å². The van der Waals surface area contributed by atoms with E-state index in [4.69, 9.17) is 5.73 Å². The Morgan fingerprint density at radius 1 is 1.10 bits per heavy atom. The maximum absolute atomic E-state index is 13.5. The number of anilines is 1. The second kappa shape index (κ2) is 4.97. The van der Waals surface area contributed by atoms with Gasteiger partial charge in [-0.2, -0.15) is 4.68 Å². The second-order valence-electron chi connectivity index (χ2n) is 4.94. The highest BCUT2D eigenvalue weighted by Gasteiger charge is 2.15. The van der Waals surface area contributed by atoms with Gasteiger partial charge in [-0.1, -0.05) is 12.1 Å². The lowest BCUT2D eigenvalue weighted by molar-refractivity contribution is 0.628. The standard InChI is InChI=1S/C15H14FN5/c1-9-3-4-10(2)14(7-9)21-15(18-19-20-21)12-8-11(16)5-6-13(12)17/h3-8H,17H2,1-2H3. The minimum absolute atomic E-state index is 0.380. The molecule has 0 saturated heterocycles. The molecule has 0 aliphatic heterocycles. The van der Waals surface area contributed by atoms with Crippen LogP contribution in [0.25, 0.3) is 17.1 Å². The number of tetrazole rings is 1. The van der Waals surface area contributed by atoms with Crippen LogP contribution in [0.1, 0.15) is 11.1 Å². The zero-order valence-electron chi connectivity index (χ0n) is 11.7. The van der Waals surface area contributed by atoms with Crippen LogP contribution in [0.5, 0.6) is 0 Å². The van der Waals surface area contributed by atoms with Gasteiger partial charge in [0.2, 0.25) is 0 Å². The lowest BCUT2D eigenvalue weighted by Crippen LogP contribution is -2.04. The highest BCUT2D eigenvalue weighted by atomic mass is 19.1. The SMILES string of the molecule is Cc1ccc(C)c(-n2nnnc2-c2cc(F)ccc2N)c1. The van der Waals surface area contributed by atoms with E-state index in [-0.39, 0.29) is 5.82 Å². The summed E-state index contributed by atoms with van der Waals surface area (Å²) < 4.78 is 15.1. The summed E-state index contributed by atoms with van der Waals surface area (Å²) in [5.74, 6) is 0.0374. The van der Waals surface area contributed by atoms with Crippen LogP contribution in [0.3, 0.4) is 0 Å². The van der Waals surface area contributed by atoms with E-state index in [1.165, 1.54) is 18.2 Å². The highest BCUT2D eigenvalue weighted by molar-refractivity contribution is 5.72. The summed E-state index contributed by atoms with van der Waals surface area (Å²) in [6.07, 6.45) is 0. The molecule has 6 heteroatoms. The number of aryl methyl sites for hydroxylation is 2. The van der Waals surface area contributed by atoms with Gasteiger partial charge in [-0.05, 0) is 59.7 Å². The molecule has 0 saturated carbocycles. The molecule has 3 rings (SSSR count). The van der Waals surface area contributed by atoms with Crippen molar-refractivity contribution in [2.75, 3.05) is 5.73 Å². The normalized spacial score (nSPS) is 10.8. The molecule has 0 aliphatic carbocycles. The molecule has 1 heterocycles. The number of halogens is 1. The molecule has 106 valence electrons. The molecular weight excluding hydrogens is 269 g/mol. The van der Waals surface area contributed by atoms with Crippen LogP contribution in [-0.2, 0) is 0 Å². The first-order valence-corrected chi connectivity index (χ1v) is 6.47. The largest absolute Gasteiger partial charge is 0.398 e. The topological polar surface area (TPSA) is 69.6 Å². The fraction of sp³-hybridized carbons (Fsp3) is 0.133. The first-order chi connectivity index (χ1) is 10.1. The number of benzene rings is 2. The third kappa shape index (κ3) is 2.35. The van der Waals surface area contributed by atoms with Crippen molar-refractivity contribution in [3.8, 4) is 17.1 Å². The van der Waals surface area contributed by atoms with Gasteiger partial charge in [0.05, 0.1) is 5.69 Å². The third-order valence-corrected chi connectivity index (χ3v) is 3.32. The van der Waals surface area contributed by atoms with E-state index in [0.717, 1.165) is 16.8 Å². The van der Waals surface area contributed by atoms with Gasteiger partial charge in [-0.3, -0.25) is 0 Å². The van der Waals surface area contributed by atoms with Crippen molar-refractivity contribution >= 4 is 5.69 Å². The average Bonchev–Trinajstić information content (AvgIpc) is 2.93. The van der Waals surface area contributed by atoms with Gasteiger partial charge in [-0.15, -0.1) is 5.10 Å². The van der Waals surface area contributed by atoms with Crippen LogP contribution < -0.4 is 5.73 Å². The number of nitrogen functional groups attached to an aromatic ring is 1. The minimum atomic E-state index is -0.380. The maximum Gasteiger partial charge on any atom is 0.189 e. The second-order valence-corrected chi connectivity index (χ2v) is 4.94. The van der Waals surface area contributed by atoms with Crippen molar-refractivity contribution in [1.82, 2.24) is 20.2 Å². The summed E-state index contributed by atoms with van der Waals surface area (Å²) in [7, 11) is 0. The number of hydrogen-bond donors (Lipinski definition) is 1. The first-order valence-electron chi connectivity index (χ1n) is 6.47. The molecule has 0 atom stereocenters. The summed E-state index contributed by atoms with van der Waals surface area (Å²) in [5.41, 5.74) is 9.77. The summed E-state index contributed by atoms with van der Waals surface area (Å²) >= 11 is 0. The Morgan fingerprint density at radius 2 is 1.90 bits per heavy atom. The fourth-order valence-electron chi connectivity index (χ4n) is 2.19. The van der Waals surface area contributed by atoms with Crippen LogP contribution in [0.2, 0.25) is 0 Å². The van der Waals surface area contributed by atoms with Gasteiger partial charge in [-0.25, -0.2) is 4.39 Å². The molecule has 0 bridgehead atoms. The predicted molar refractivity (Wildman–Crippen MR) is 78.4 cm³/mol. The van der Waals surface area contributed by atoms with Crippen molar-refractivity contribution in [3.63, 3.8) is 0 Å². The monoisotopic (exact) mass is 283 g/mol. The molecule has 2 aromatic carbocycles. The molecule has 0 radical (unpaired) electrons. The molecule has 0 aliphatic rings. The lowest BCUT2D eigenvalue weighted by Gasteiger charge is -2.10. The molecule has 0 spiro atoms. The smallest absolute Gasteiger partial charge is 0.189 e. The van der Waals surface area contributed by atoms with E-state index in [1.54, 1.807) is 4.68 Å². The van der Waals surface area contributed by atoms with E-state index >= 15 is 0 Å². The average molecular weight is 283 g/mol. The summed E-state index contributed by atoms with van der Waals surface area (Å²) in [6.45, 7) is 3.96. The van der Waals surface area contributed by atoms with Crippen LogP contribution in [0.15, 0.2) is 36.4 Å². The van der Waals surface area contributed by atoms with E-state index in [1.807, 2.05) is 32.0 Å². The van der Waals surface area contributed by atoms with E-state index in [0.29, 0.717) is 17.1 Å². The Hall–Kier alpha value is -2.76. The van der Waals surface area contributed by atoms with Crippen LogP contribution in [-0.4, -0.2) is 20.2 Å². The van der Waals surface area contributed by atoms with Crippen molar-refractivity contribution < 1.29 is 4.39 Å². The molecule has 2 N–H and O–H groups in total. The number of rotatable bonds is 2. The molecule has 1 aromatic heterocycles. The summed E-state index contributed by atoms with van der Waals surface area (Å²) in [4.78, 5) is 0. The Kier molecular flexibility index (Phi) is 3.13. The molecule has 0 unspecified atom stereocenters. The van der Waals surface area contributed by atoms with Gasteiger partial charge in [0.25, 0.3) is 0 Å². The van der Waals surface area contributed by atoms with E-state index in [9.17, 15) is 4.39 Å². The van der Waals surface area contributed by atoms with Gasteiger partial charge < -0.3 is 5.73 Å². The summed E-state index contributed by atoms with van der Waals surface area (Å²) in [5, 5.41) is 11.7. The van der Waals surface area contributed by atoms with Crippen LogP contribution in [0.4, 0.5) is 10.1 Å². The Morgan fingerprint density at radius 3 is 2.71 bits per heavy atom. The fourth-order valence-corrected chi connectivity index (χ4v) is 2.19. The van der Waals surface area contributed by atoms with Crippen LogP contribution >= 0.6 is 0 Å². The molecule has 3 aromatic rings. The number of nitrogens with zero attached hydrogens (tertiary/aromatic N) is 4. The van der Waals surface area contributed by atoms with Crippen molar-refractivity contribution in [2.45, 2.75) is 13.8 Å². The zero-order valence-corrected chi connectivity index (χ0v) is 11.7. The van der Waals surface area contributed by atoms with E-state index in [2.05, 4.69) is 15.5 Å². The quantitative estimate of drug-likeness (QED) is 0.734. The van der Waals surface area contributed by atoms with Crippen LogP contribution in [0, 0.1) is 19.7 Å². The molecule has 5 nitrogen and oxygen atoms in total. The lowest BCUT2D eigenvalue weighted by atomic mass is 10.1. The van der Waals surface area contributed by atoms with Crippen molar-refractivity contribution in [3.05, 3.63) is 53.3 Å². The van der Waals surface area contributed by atoms with E-state index < -0.39 is 0 Å². The number of nitrogens with two attached hydrogens (primary N) is 1. The Labute approximate surface area is 121 Å². The Bertz CT molecular complexity index is 744. The highest BCUT2D eigenvalue weighted by Crippen LogP contribution is 2.27. The van der Waals surface area contributed by atoms with Crippen molar-refractivity contribution in [2.24, 2.45) is 0 Å². The van der Waals surface area contributed by atoms with Gasteiger partial charge >= 0.3 is 0 Å².